The van der Waals surface area contributed by atoms with Crippen molar-refractivity contribution >= 4 is 24.0 Å². The van der Waals surface area contributed by atoms with Crippen molar-refractivity contribution < 1.29 is 27.0 Å². The lowest BCUT2D eigenvalue weighted by Gasteiger charge is -2.35. The Balaban J connectivity index is 0.00000243. The van der Waals surface area contributed by atoms with Crippen LogP contribution in [0, 0.1) is 11.7 Å². The highest BCUT2D eigenvalue weighted by Crippen LogP contribution is 2.38. The summed E-state index contributed by atoms with van der Waals surface area (Å²) in [5.74, 6) is -1.13. The summed E-state index contributed by atoms with van der Waals surface area (Å²) in [5, 5.41) is 3.03. The number of alkyl halides is 3. The minimum Gasteiger partial charge on any atom is -0.481 e. The Labute approximate surface area is 158 Å². The van der Waals surface area contributed by atoms with Gasteiger partial charge in [0.2, 0.25) is 0 Å². The third-order valence-corrected chi connectivity index (χ3v) is 4.15. The highest BCUT2D eigenvalue weighted by Gasteiger charge is 2.34. The zero-order valence-corrected chi connectivity index (χ0v) is 14.8. The fourth-order valence-corrected chi connectivity index (χ4v) is 2.66. The van der Waals surface area contributed by atoms with Gasteiger partial charge in [-0.25, -0.2) is 4.39 Å². The van der Waals surface area contributed by atoms with Crippen molar-refractivity contribution in [2.45, 2.75) is 12.5 Å². The average molecular weight is 412 g/mol. The average Bonchev–Trinajstić information content (AvgIpc) is 2.48. The van der Waals surface area contributed by atoms with Gasteiger partial charge in [-0.05, 0) is 29.8 Å². The molecule has 1 N–H and O–H groups in total. The summed E-state index contributed by atoms with van der Waals surface area (Å²) < 4.78 is 61.3. The molecule has 0 radical (unpaired) electrons. The molecule has 0 amide bonds. The van der Waals surface area contributed by atoms with Crippen molar-refractivity contribution in [2.24, 2.45) is 5.92 Å². The fraction of sp³-hybridized carbons (Fsp3) is 0.294. The number of hydrogen-bond acceptors (Lipinski definition) is 3. The second kappa shape index (κ2) is 8.33. The molecule has 3 nitrogen and oxygen atoms in total. The van der Waals surface area contributed by atoms with Gasteiger partial charge in [-0.15, -0.1) is 25.6 Å². The topological polar surface area (TPSA) is 30.5 Å². The Morgan fingerprint density at radius 3 is 2.27 bits per heavy atom. The van der Waals surface area contributed by atoms with Crippen LogP contribution in [-0.4, -0.2) is 19.5 Å². The largest absolute Gasteiger partial charge is 0.573 e. The van der Waals surface area contributed by atoms with Crippen molar-refractivity contribution in [3.05, 3.63) is 58.9 Å². The smallest absolute Gasteiger partial charge is 0.481 e. The normalized spacial score (nSPS) is 15.6. The van der Waals surface area contributed by atoms with E-state index in [0.717, 1.165) is 0 Å². The highest BCUT2D eigenvalue weighted by molar-refractivity contribution is 6.30. The lowest BCUT2D eigenvalue weighted by Crippen LogP contribution is -2.46. The van der Waals surface area contributed by atoms with E-state index in [-0.39, 0.29) is 29.1 Å². The molecule has 1 saturated heterocycles. The Morgan fingerprint density at radius 1 is 1.08 bits per heavy atom. The Morgan fingerprint density at radius 2 is 1.73 bits per heavy atom. The first-order valence-corrected chi connectivity index (χ1v) is 7.88. The minimum absolute atomic E-state index is 0. The van der Waals surface area contributed by atoms with Crippen LogP contribution < -0.4 is 14.8 Å². The Bertz CT molecular complexity index is 754. The standard InChI is InChI=1S/C17H14ClF4NO2.ClH/c18-12-6-5-10(7-13(12)19)16(11-8-23-9-11)24-14-3-1-2-4-15(14)25-17(20,21)22;/h1-7,11,16,23H,8-9H2;1H/t16-;/m1./s1. The lowest BCUT2D eigenvalue weighted by molar-refractivity contribution is -0.275. The molecule has 0 aromatic heterocycles. The molecule has 3 rings (SSSR count). The summed E-state index contributed by atoms with van der Waals surface area (Å²) in [6.45, 7) is 1.22. The number of para-hydroxylation sites is 2. The predicted octanol–water partition coefficient (Wildman–Crippen LogP) is 5.14. The van der Waals surface area contributed by atoms with Crippen molar-refractivity contribution in [2.75, 3.05) is 13.1 Å². The summed E-state index contributed by atoms with van der Waals surface area (Å²) in [5.41, 5.74) is 0.496. The van der Waals surface area contributed by atoms with Crippen LogP contribution in [0.4, 0.5) is 17.6 Å². The van der Waals surface area contributed by atoms with Gasteiger partial charge in [0.15, 0.2) is 11.5 Å². The maximum absolute atomic E-state index is 13.8. The third kappa shape index (κ3) is 4.93. The predicted molar refractivity (Wildman–Crippen MR) is 91.5 cm³/mol. The molecular weight excluding hydrogens is 397 g/mol. The molecule has 9 heteroatoms. The second-order valence-corrected chi connectivity index (χ2v) is 6.03. The number of rotatable bonds is 5. The van der Waals surface area contributed by atoms with Gasteiger partial charge in [-0.1, -0.05) is 29.8 Å². The van der Waals surface area contributed by atoms with Crippen molar-refractivity contribution in [1.29, 1.82) is 0 Å². The summed E-state index contributed by atoms with van der Waals surface area (Å²) in [7, 11) is 0. The van der Waals surface area contributed by atoms with Gasteiger partial charge in [-0.3, -0.25) is 0 Å². The van der Waals surface area contributed by atoms with Gasteiger partial charge in [0.25, 0.3) is 0 Å². The van der Waals surface area contributed by atoms with Crippen molar-refractivity contribution in [3.8, 4) is 11.5 Å². The quantitative estimate of drug-likeness (QED) is 0.691. The van der Waals surface area contributed by atoms with Gasteiger partial charge in [0.05, 0.1) is 5.02 Å². The van der Waals surface area contributed by atoms with Crippen LogP contribution in [0.1, 0.15) is 11.7 Å². The molecule has 142 valence electrons. The molecule has 0 aliphatic carbocycles. The van der Waals surface area contributed by atoms with E-state index < -0.39 is 24.0 Å². The van der Waals surface area contributed by atoms with Gasteiger partial charge in [-0.2, -0.15) is 0 Å². The first-order valence-electron chi connectivity index (χ1n) is 7.50. The molecule has 0 bridgehead atoms. The van der Waals surface area contributed by atoms with Crippen molar-refractivity contribution in [1.82, 2.24) is 5.32 Å². The van der Waals surface area contributed by atoms with E-state index in [0.29, 0.717) is 18.7 Å². The Kier molecular flexibility index (Phi) is 6.60. The molecule has 26 heavy (non-hydrogen) atoms. The van der Waals surface area contributed by atoms with Crippen LogP contribution >= 0.6 is 24.0 Å². The zero-order valence-electron chi connectivity index (χ0n) is 13.2. The maximum atomic E-state index is 13.8. The van der Waals surface area contributed by atoms with Gasteiger partial charge in [0.1, 0.15) is 11.9 Å². The molecule has 2 aromatic carbocycles. The molecule has 0 unspecified atom stereocenters. The molecule has 1 atom stereocenters. The van der Waals surface area contributed by atoms with Crippen LogP contribution in [-0.2, 0) is 0 Å². The van der Waals surface area contributed by atoms with E-state index in [2.05, 4.69) is 10.1 Å². The highest BCUT2D eigenvalue weighted by atomic mass is 35.5. The first-order chi connectivity index (χ1) is 11.8. The SMILES string of the molecule is Cl.Fc1cc([C@@H](Oc2ccccc2OC(F)(F)F)C2CNC2)ccc1Cl. The number of hydrogen-bond donors (Lipinski definition) is 1. The van der Waals surface area contributed by atoms with Gasteiger partial charge >= 0.3 is 6.36 Å². The maximum Gasteiger partial charge on any atom is 0.573 e. The zero-order chi connectivity index (χ0) is 18.0. The number of benzene rings is 2. The van der Waals surface area contributed by atoms with Crippen LogP contribution in [0.2, 0.25) is 5.02 Å². The molecular formula is C17H15Cl2F4NO2. The van der Waals surface area contributed by atoms with E-state index in [9.17, 15) is 17.6 Å². The fourth-order valence-electron chi connectivity index (χ4n) is 2.54. The summed E-state index contributed by atoms with van der Waals surface area (Å²) in [6, 6.07) is 9.73. The van der Waals surface area contributed by atoms with Crippen LogP contribution in [0.5, 0.6) is 11.5 Å². The third-order valence-electron chi connectivity index (χ3n) is 3.84. The van der Waals surface area contributed by atoms with E-state index in [1.54, 1.807) is 6.07 Å². The number of halogens is 6. The first kappa shape index (κ1) is 20.6. The molecule has 0 saturated carbocycles. The minimum atomic E-state index is -4.83. The van der Waals surface area contributed by atoms with Gasteiger partial charge < -0.3 is 14.8 Å². The molecule has 1 fully saturated rings. The van der Waals surface area contributed by atoms with Crippen LogP contribution in [0.15, 0.2) is 42.5 Å². The van der Waals surface area contributed by atoms with Crippen molar-refractivity contribution in [3.63, 3.8) is 0 Å². The lowest BCUT2D eigenvalue weighted by atomic mass is 9.90. The molecule has 1 heterocycles. The second-order valence-electron chi connectivity index (χ2n) is 5.62. The van der Waals surface area contributed by atoms with Crippen LogP contribution in [0.25, 0.3) is 0 Å². The number of nitrogens with one attached hydrogen (secondary N) is 1. The molecule has 1 aliphatic rings. The summed E-state index contributed by atoms with van der Waals surface area (Å²) in [6.07, 6.45) is -5.47. The van der Waals surface area contributed by atoms with E-state index in [1.165, 1.54) is 36.4 Å². The Hall–Kier alpha value is -1.70. The summed E-state index contributed by atoms with van der Waals surface area (Å²) >= 11 is 5.70. The number of ether oxygens (including phenoxy) is 2. The van der Waals surface area contributed by atoms with Crippen LogP contribution in [0.3, 0.4) is 0 Å². The van der Waals surface area contributed by atoms with E-state index in [4.69, 9.17) is 16.3 Å². The van der Waals surface area contributed by atoms with Gasteiger partial charge in [0, 0.05) is 19.0 Å². The monoisotopic (exact) mass is 411 g/mol. The molecule has 0 spiro atoms. The van der Waals surface area contributed by atoms with E-state index in [1.807, 2.05) is 0 Å². The molecule has 1 aliphatic heterocycles. The summed E-state index contributed by atoms with van der Waals surface area (Å²) in [4.78, 5) is 0. The molecule has 2 aromatic rings. The van der Waals surface area contributed by atoms with E-state index >= 15 is 0 Å².